The molecular weight excluding hydrogens is 250 g/mol. The summed E-state index contributed by atoms with van der Waals surface area (Å²) in [6, 6.07) is 10.6. The van der Waals surface area contributed by atoms with E-state index >= 15 is 0 Å². The van der Waals surface area contributed by atoms with Crippen molar-refractivity contribution in [2.24, 2.45) is 0 Å². The van der Waals surface area contributed by atoms with Crippen molar-refractivity contribution < 1.29 is 4.74 Å². The van der Waals surface area contributed by atoms with Gasteiger partial charge in [-0.25, -0.2) is 4.98 Å². The van der Waals surface area contributed by atoms with Crippen LogP contribution in [-0.4, -0.2) is 22.8 Å². The monoisotopic (exact) mass is 273 g/mol. The van der Waals surface area contributed by atoms with Crippen molar-refractivity contribution in [3.05, 3.63) is 48.3 Å². The van der Waals surface area contributed by atoms with Crippen LogP contribution in [0.2, 0.25) is 0 Å². The minimum absolute atomic E-state index is 0.240. The van der Waals surface area contributed by atoms with Crippen molar-refractivity contribution in [1.82, 2.24) is 9.55 Å². The summed E-state index contributed by atoms with van der Waals surface area (Å²) >= 11 is 0. The molecule has 1 unspecified atom stereocenters. The van der Waals surface area contributed by atoms with E-state index < -0.39 is 0 Å². The predicted molar refractivity (Wildman–Crippen MR) is 81.8 cm³/mol. The molecule has 0 aliphatic carbocycles. The summed E-state index contributed by atoms with van der Waals surface area (Å²) in [4.78, 5) is 4.39. The molecule has 0 fully saturated rings. The van der Waals surface area contributed by atoms with Crippen LogP contribution in [0.3, 0.4) is 0 Å². The normalized spacial score (nSPS) is 12.3. The summed E-state index contributed by atoms with van der Waals surface area (Å²) in [6.45, 7) is 6.66. The molecule has 2 rings (SSSR count). The molecule has 0 bridgehead atoms. The lowest BCUT2D eigenvalue weighted by atomic mass is 10.1. The standard InChI is InChI=1S/C16H23N3O/c1-3-20-13-7-11-19-12-10-17-16(19)18-14(2)15-8-5-4-6-9-15/h4-6,8-10,12,14H,3,7,11,13H2,1-2H3,(H,17,18). The predicted octanol–water partition coefficient (Wildman–Crippen LogP) is 3.48. The number of imidazole rings is 1. The van der Waals surface area contributed by atoms with Gasteiger partial charge in [0.2, 0.25) is 5.95 Å². The number of anilines is 1. The summed E-state index contributed by atoms with van der Waals surface area (Å²) in [6.07, 6.45) is 4.84. The van der Waals surface area contributed by atoms with E-state index in [9.17, 15) is 0 Å². The second-order valence-electron chi connectivity index (χ2n) is 4.77. The van der Waals surface area contributed by atoms with E-state index in [0.717, 1.165) is 32.1 Å². The van der Waals surface area contributed by atoms with Gasteiger partial charge in [-0.1, -0.05) is 30.3 Å². The van der Waals surface area contributed by atoms with Crippen molar-refractivity contribution in [3.63, 3.8) is 0 Å². The van der Waals surface area contributed by atoms with Crippen LogP contribution in [0.1, 0.15) is 31.9 Å². The number of nitrogens with one attached hydrogen (secondary N) is 1. The lowest BCUT2D eigenvalue weighted by molar-refractivity contribution is 0.142. The molecule has 0 amide bonds. The zero-order valence-corrected chi connectivity index (χ0v) is 12.2. The summed E-state index contributed by atoms with van der Waals surface area (Å²) in [5.74, 6) is 0.915. The molecule has 0 aliphatic heterocycles. The summed E-state index contributed by atoms with van der Waals surface area (Å²) in [5.41, 5.74) is 1.26. The maximum Gasteiger partial charge on any atom is 0.203 e. The van der Waals surface area contributed by atoms with Gasteiger partial charge in [0.25, 0.3) is 0 Å². The van der Waals surface area contributed by atoms with Gasteiger partial charge in [-0.3, -0.25) is 0 Å². The first kappa shape index (κ1) is 14.6. The smallest absolute Gasteiger partial charge is 0.203 e. The van der Waals surface area contributed by atoms with Crippen LogP contribution in [0.5, 0.6) is 0 Å². The molecule has 1 atom stereocenters. The molecule has 2 aromatic rings. The molecule has 1 N–H and O–H groups in total. The van der Waals surface area contributed by atoms with Crippen LogP contribution in [0.25, 0.3) is 0 Å². The third-order valence-corrected chi connectivity index (χ3v) is 3.25. The van der Waals surface area contributed by atoms with Gasteiger partial charge >= 0.3 is 0 Å². The Kier molecular flexibility index (Phi) is 5.62. The van der Waals surface area contributed by atoms with E-state index in [0.29, 0.717) is 0 Å². The van der Waals surface area contributed by atoms with Gasteiger partial charge in [0.05, 0.1) is 6.04 Å². The van der Waals surface area contributed by atoms with Crippen LogP contribution >= 0.6 is 0 Å². The molecule has 0 radical (unpaired) electrons. The molecule has 1 heterocycles. The third-order valence-electron chi connectivity index (χ3n) is 3.25. The Labute approximate surface area is 120 Å². The quantitative estimate of drug-likeness (QED) is 0.748. The second-order valence-corrected chi connectivity index (χ2v) is 4.77. The number of nitrogens with zero attached hydrogens (tertiary/aromatic N) is 2. The summed E-state index contributed by atoms with van der Waals surface area (Å²) < 4.78 is 7.51. The fourth-order valence-electron chi connectivity index (χ4n) is 2.13. The van der Waals surface area contributed by atoms with Crippen LogP contribution in [-0.2, 0) is 11.3 Å². The topological polar surface area (TPSA) is 39.1 Å². The number of aryl methyl sites for hydroxylation is 1. The largest absolute Gasteiger partial charge is 0.382 e. The van der Waals surface area contributed by atoms with Gasteiger partial charge in [-0.2, -0.15) is 0 Å². The first-order chi connectivity index (χ1) is 9.81. The Morgan fingerprint density at radius 2 is 2.10 bits per heavy atom. The molecule has 0 saturated heterocycles. The van der Waals surface area contributed by atoms with Crippen molar-refractivity contribution >= 4 is 5.95 Å². The Hall–Kier alpha value is -1.81. The Morgan fingerprint density at radius 3 is 2.85 bits per heavy atom. The molecule has 0 saturated carbocycles. The Balaban J connectivity index is 1.91. The Bertz CT molecular complexity index is 495. The average Bonchev–Trinajstić information content (AvgIpc) is 2.92. The maximum atomic E-state index is 5.37. The van der Waals surface area contributed by atoms with Crippen molar-refractivity contribution in [3.8, 4) is 0 Å². The van der Waals surface area contributed by atoms with Crippen LogP contribution in [0, 0.1) is 0 Å². The highest BCUT2D eigenvalue weighted by Gasteiger charge is 2.08. The number of rotatable bonds is 8. The van der Waals surface area contributed by atoms with Gasteiger partial charge in [0.15, 0.2) is 0 Å². The highest BCUT2D eigenvalue weighted by Crippen LogP contribution is 2.17. The number of aromatic nitrogens is 2. The molecule has 0 aliphatic rings. The number of ether oxygens (including phenoxy) is 1. The number of benzene rings is 1. The minimum atomic E-state index is 0.240. The molecule has 108 valence electrons. The lowest BCUT2D eigenvalue weighted by Crippen LogP contribution is -2.12. The zero-order chi connectivity index (χ0) is 14.2. The van der Waals surface area contributed by atoms with Gasteiger partial charge in [-0.15, -0.1) is 0 Å². The van der Waals surface area contributed by atoms with E-state index in [1.54, 1.807) is 0 Å². The SMILES string of the molecule is CCOCCCn1ccnc1NC(C)c1ccccc1. The molecular formula is C16H23N3O. The highest BCUT2D eigenvalue weighted by molar-refractivity contribution is 5.32. The maximum absolute atomic E-state index is 5.37. The highest BCUT2D eigenvalue weighted by atomic mass is 16.5. The van der Waals surface area contributed by atoms with E-state index in [1.807, 2.05) is 25.4 Å². The van der Waals surface area contributed by atoms with Crippen molar-refractivity contribution in [2.45, 2.75) is 32.9 Å². The van der Waals surface area contributed by atoms with Gasteiger partial charge in [0.1, 0.15) is 0 Å². The molecule has 4 heteroatoms. The molecule has 0 spiro atoms. The fraction of sp³-hybridized carbons (Fsp3) is 0.438. The number of hydrogen-bond donors (Lipinski definition) is 1. The van der Waals surface area contributed by atoms with Crippen LogP contribution in [0.15, 0.2) is 42.7 Å². The third kappa shape index (κ3) is 4.10. The average molecular weight is 273 g/mol. The van der Waals surface area contributed by atoms with E-state index in [2.05, 4.69) is 46.1 Å². The molecule has 20 heavy (non-hydrogen) atoms. The minimum Gasteiger partial charge on any atom is -0.382 e. The first-order valence-corrected chi connectivity index (χ1v) is 7.21. The second kappa shape index (κ2) is 7.70. The Morgan fingerprint density at radius 1 is 1.30 bits per heavy atom. The van der Waals surface area contributed by atoms with E-state index in [-0.39, 0.29) is 6.04 Å². The van der Waals surface area contributed by atoms with Crippen molar-refractivity contribution in [1.29, 1.82) is 0 Å². The zero-order valence-electron chi connectivity index (χ0n) is 12.2. The molecule has 1 aromatic heterocycles. The first-order valence-electron chi connectivity index (χ1n) is 7.21. The van der Waals surface area contributed by atoms with E-state index in [4.69, 9.17) is 4.74 Å². The number of hydrogen-bond acceptors (Lipinski definition) is 3. The summed E-state index contributed by atoms with van der Waals surface area (Å²) in [7, 11) is 0. The fourth-order valence-corrected chi connectivity index (χ4v) is 2.13. The van der Waals surface area contributed by atoms with Gasteiger partial charge in [0, 0.05) is 32.2 Å². The van der Waals surface area contributed by atoms with Crippen molar-refractivity contribution in [2.75, 3.05) is 18.5 Å². The molecule has 4 nitrogen and oxygen atoms in total. The van der Waals surface area contributed by atoms with Crippen LogP contribution in [0.4, 0.5) is 5.95 Å². The molecule has 1 aromatic carbocycles. The lowest BCUT2D eigenvalue weighted by Gasteiger charge is -2.16. The van der Waals surface area contributed by atoms with E-state index in [1.165, 1.54) is 5.56 Å². The van der Waals surface area contributed by atoms with Gasteiger partial charge < -0.3 is 14.6 Å². The van der Waals surface area contributed by atoms with Gasteiger partial charge in [-0.05, 0) is 25.8 Å². The summed E-state index contributed by atoms with van der Waals surface area (Å²) in [5, 5.41) is 3.46. The van der Waals surface area contributed by atoms with Crippen LogP contribution < -0.4 is 5.32 Å².